The number of carboxylic acid groups (broad SMARTS) is 1. The molecule has 0 aromatic heterocycles. The number of hydrogen-bond donors (Lipinski definition) is 6. The van der Waals surface area contributed by atoms with E-state index in [-0.39, 0.29) is 13.2 Å². The fourth-order valence-electron chi connectivity index (χ4n) is 2.05. The number of ether oxygens (including phenoxy) is 2. The first kappa shape index (κ1) is 29.7. The van der Waals surface area contributed by atoms with E-state index in [1.165, 1.54) is 6.92 Å². The molecule has 0 aliphatic heterocycles. The molecule has 0 aromatic rings. The van der Waals surface area contributed by atoms with Gasteiger partial charge in [-0.1, -0.05) is 0 Å². The summed E-state index contributed by atoms with van der Waals surface area (Å²) in [5, 5.41) is 25.7. The Hall–Kier alpha value is -2.28. The minimum Gasteiger partial charge on any atom is -0.480 e. The molecule has 3 amide bonds. The van der Waals surface area contributed by atoms with E-state index < -0.39 is 65.7 Å². The second-order valence-electron chi connectivity index (χ2n) is 9.35. The number of rotatable bonds is 12. The Bertz CT molecular complexity index is 655. The standard InChI is InChI=1S/C20H38N4O8/c1-11(25)15(21)17(28)22-8-14(26)23-12(9-31-19(2,3)4)16(27)24-13(18(29)30)10-32-20(5,6)7/h11-13,15,25H,8-10,21H2,1-7H3,(H,22,28)(H,23,26)(H,24,27)(H,29,30)/t11-,12-,13-,15-/m0/s1. The lowest BCUT2D eigenvalue weighted by Crippen LogP contribution is -2.57. The van der Waals surface area contributed by atoms with Gasteiger partial charge in [0, 0.05) is 0 Å². The van der Waals surface area contributed by atoms with E-state index in [0.29, 0.717) is 0 Å². The number of nitrogens with two attached hydrogens (primary N) is 1. The number of carbonyl (C=O) groups excluding carboxylic acids is 3. The van der Waals surface area contributed by atoms with Crippen LogP contribution in [0.3, 0.4) is 0 Å². The third-order valence-electron chi connectivity index (χ3n) is 3.88. The van der Waals surface area contributed by atoms with Gasteiger partial charge in [-0.25, -0.2) is 4.79 Å². The summed E-state index contributed by atoms with van der Waals surface area (Å²) in [6.45, 7) is 10.8. The monoisotopic (exact) mass is 462 g/mol. The molecule has 0 rings (SSSR count). The average Bonchev–Trinajstić information content (AvgIpc) is 2.63. The Morgan fingerprint density at radius 1 is 0.875 bits per heavy atom. The predicted octanol–water partition coefficient (Wildman–Crippen LogP) is -1.50. The molecule has 32 heavy (non-hydrogen) atoms. The number of aliphatic carboxylic acids is 1. The molecule has 0 saturated carbocycles. The van der Waals surface area contributed by atoms with Crippen molar-refractivity contribution < 1.29 is 38.9 Å². The summed E-state index contributed by atoms with van der Waals surface area (Å²) in [5.41, 5.74) is 4.23. The van der Waals surface area contributed by atoms with E-state index in [1.807, 2.05) is 0 Å². The molecular weight excluding hydrogens is 424 g/mol. The van der Waals surface area contributed by atoms with Crippen molar-refractivity contribution in [3.63, 3.8) is 0 Å². The number of amides is 3. The summed E-state index contributed by atoms with van der Waals surface area (Å²) in [5.74, 6) is -3.57. The largest absolute Gasteiger partial charge is 0.480 e. The summed E-state index contributed by atoms with van der Waals surface area (Å²) in [7, 11) is 0. The van der Waals surface area contributed by atoms with Crippen LogP contribution >= 0.6 is 0 Å². The summed E-state index contributed by atoms with van der Waals surface area (Å²) >= 11 is 0. The normalized spacial score (nSPS) is 15.8. The van der Waals surface area contributed by atoms with Crippen molar-refractivity contribution in [2.24, 2.45) is 5.73 Å². The molecule has 0 aliphatic carbocycles. The topological polar surface area (TPSA) is 189 Å². The van der Waals surface area contributed by atoms with Crippen LogP contribution in [0.1, 0.15) is 48.5 Å². The quantitative estimate of drug-likeness (QED) is 0.200. The molecular formula is C20H38N4O8. The first-order chi connectivity index (χ1) is 14.4. The minimum absolute atomic E-state index is 0.241. The number of hydrogen-bond acceptors (Lipinski definition) is 8. The van der Waals surface area contributed by atoms with Crippen molar-refractivity contribution >= 4 is 23.7 Å². The van der Waals surface area contributed by atoms with Gasteiger partial charge in [-0.3, -0.25) is 14.4 Å². The lowest BCUT2D eigenvalue weighted by Gasteiger charge is -2.27. The lowest BCUT2D eigenvalue weighted by atomic mass is 10.1. The first-order valence-electron chi connectivity index (χ1n) is 10.2. The van der Waals surface area contributed by atoms with Gasteiger partial charge in [-0.05, 0) is 48.5 Å². The Morgan fingerprint density at radius 3 is 1.75 bits per heavy atom. The smallest absolute Gasteiger partial charge is 0.328 e. The van der Waals surface area contributed by atoms with Gasteiger partial charge in [0.1, 0.15) is 12.1 Å². The van der Waals surface area contributed by atoms with Gasteiger partial charge in [-0.2, -0.15) is 0 Å². The number of carboxylic acids is 1. The minimum atomic E-state index is -1.35. The van der Waals surface area contributed by atoms with Crippen molar-refractivity contribution in [2.75, 3.05) is 19.8 Å². The SMILES string of the molecule is C[C@H](O)[C@H](N)C(=O)NCC(=O)N[C@@H](COC(C)(C)C)C(=O)N[C@@H](COC(C)(C)C)C(=O)O. The molecule has 12 heteroatoms. The first-order valence-corrected chi connectivity index (χ1v) is 10.2. The van der Waals surface area contributed by atoms with Crippen molar-refractivity contribution in [2.45, 2.75) is 83.9 Å². The van der Waals surface area contributed by atoms with E-state index in [9.17, 15) is 29.4 Å². The number of nitrogens with one attached hydrogen (secondary N) is 3. The molecule has 0 radical (unpaired) electrons. The second kappa shape index (κ2) is 12.7. The van der Waals surface area contributed by atoms with Crippen LogP contribution in [0.2, 0.25) is 0 Å². The predicted molar refractivity (Wildman–Crippen MR) is 116 cm³/mol. The molecule has 0 heterocycles. The van der Waals surface area contributed by atoms with Crippen LogP contribution in [0, 0.1) is 0 Å². The summed E-state index contributed by atoms with van der Waals surface area (Å²) in [6.07, 6.45) is -1.11. The maximum Gasteiger partial charge on any atom is 0.328 e. The molecule has 4 atom stereocenters. The molecule has 186 valence electrons. The van der Waals surface area contributed by atoms with Crippen LogP contribution in [-0.2, 0) is 28.7 Å². The van der Waals surface area contributed by atoms with E-state index in [2.05, 4.69) is 16.0 Å². The average molecular weight is 463 g/mol. The Balaban J connectivity index is 5.17. The van der Waals surface area contributed by atoms with E-state index in [0.717, 1.165) is 0 Å². The summed E-state index contributed by atoms with van der Waals surface area (Å²) in [4.78, 5) is 48.3. The van der Waals surface area contributed by atoms with Gasteiger partial charge in [0.25, 0.3) is 0 Å². The third kappa shape index (κ3) is 13.2. The van der Waals surface area contributed by atoms with Gasteiger partial charge in [0.2, 0.25) is 17.7 Å². The highest BCUT2D eigenvalue weighted by atomic mass is 16.5. The van der Waals surface area contributed by atoms with Crippen LogP contribution in [0.4, 0.5) is 0 Å². The van der Waals surface area contributed by atoms with Crippen molar-refractivity contribution in [3.05, 3.63) is 0 Å². The van der Waals surface area contributed by atoms with Gasteiger partial charge in [0.15, 0.2) is 6.04 Å². The second-order valence-corrected chi connectivity index (χ2v) is 9.35. The highest BCUT2D eigenvalue weighted by Crippen LogP contribution is 2.09. The Labute approximate surface area is 188 Å². The maximum absolute atomic E-state index is 12.7. The molecule has 0 unspecified atom stereocenters. The van der Waals surface area contributed by atoms with Crippen LogP contribution in [0.25, 0.3) is 0 Å². The maximum atomic E-state index is 12.7. The van der Waals surface area contributed by atoms with Gasteiger partial charge in [-0.15, -0.1) is 0 Å². The van der Waals surface area contributed by atoms with Gasteiger partial charge in [0.05, 0.1) is 37.1 Å². The molecule has 0 saturated heterocycles. The molecule has 12 nitrogen and oxygen atoms in total. The van der Waals surface area contributed by atoms with E-state index in [4.69, 9.17) is 15.2 Å². The van der Waals surface area contributed by atoms with Crippen LogP contribution < -0.4 is 21.7 Å². The highest BCUT2D eigenvalue weighted by molar-refractivity contribution is 5.92. The fraction of sp³-hybridized carbons (Fsp3) is 0.800. The van der Waals surface area contributed by atoms with Crippen molar-refractivity contribution in [3.8, 4) is 0 Å². The lowest BCUT2D eigenvalue weighted by molar-refractivity contribution is -0.146. The van der Waals surface area contributed by atoms with Crippen LogP contribution in [0.15, 0.2) is 0 Å². The van der Waals surface area contributed by atoms with Crippen LogP contribution in [0.5, 0.6) is 0 Å². The summed E-state index contributed by atoms with van der Waals surface area (Å²) < 4.78 is 11.0. The molecule has 0 aliphatic rings. The third-order valence-corrected chi connectivity index (χ3v) is 3.88. The Morgan fingerprint density at radius 2 is 1.34 bits per heavy atom. The number of aliphatic hydroxyl groups is 1. The number of carbonyl (C=O) groups is 4. The van der Waals surface area contributed by atoms with Gasteiger partial charge >= 0.3 is 5.97 Å². The van der Waals surface area contributed by atoms with E-state index in [1.54, 1.807) is 41.5 Å². The summed E-state index contributed by atoms with van der Waals surface area (Å²) in [6, 6.07) is -3.80. The molecule has 0 aromatic carbocycles. The molecule has 0 fully saturated rings. The zero-order valence-electron chi connectivity index (χ0n) is 19.9. The van der Waals surface area contributed by atoms with Crippen molar-refractivity contribution in [1.29, 1.82) is 0 Å². The Kier molecular flexibility index (Phi) is 11.8. The molecule has 0 spiro atoms. The van der Waals surface area contributed by atoms with Gasteiger partial charge < -0.3 is 41.4 Å². The number of aliphatic hydroxyl groups excluding tert-OH is 1. The van der Waals surface area contributed by atoms with E-state index >= 15 is 0 Å². The fourth-order valence-corrected chi connectivity index (χ4v) is 2.05. The highest BCUT2D eigenvalue weighted by Gasteiger charge is 2.29. The zero-order chi connectivity index (χ0) is 25.3. The zero-order valence-corrected chi connectivity index (χ0v) is 19.9. The van der Waals surface area contributed by atoms with Crippen molar-refractivity contribution in [1.82, 2.24) is 16.0 Å². The molecule has 7 N–H and O–H groups in total. The van der Waals surface area contributed by atoms with Crippen LogP contribution in [-0.4, -0.2) is 89.1 Å². The molecule has 0 bridgehead atoms.